The largest absolute Gasteiger partial charge is 0.378 e. The lowest BCUT2D eigenvalue weighted by atomic mass is 10.0. The van der Waals surface area contributed by atoms with Gasteiger partial charge < -0.3 is 10.1 Å². The van der Waals surface area contributed by atoms with Gasteiger partial charge in [0.2, 0.25) is 0 Å². The second-order valence-corrected chi connectivity index (χ2v) is 5.99. The van der Waals surface area contributed by atoms with E-state index in [2.05, 4.69) is 22.1 Å². The van der Waals surface area contributed by atoms with Gasteiger partial charge in [-0.25, -0.2) is 4.98 Å². The summed E-state index contributed by atoms with van der Waals surface area (Å²) in [7, 11) is 1.63. The number of amides is 1. The highest BCUT2D eigenvalue weighted by Crippen LogP contribution is 2.16. The molecule has 1 N–H and O–H groups in total. The summed E-state index contributed by atoms with van der Waals surface area (Å²) in [6.45, 7) is 5.55. The molecule has 2 heterocycles. The first-order valence-corrected chi connectivity index (χ1v) is 8.08. The molecule has 1 aromatic heterocycles. The average Bonchev–Trinajstić information content (AvgIpc) is 2.94. The molecule has 0 aliphatic carbocycles. The summed E-state index contributed by atoms with van der Waals surface area (Å²) in [4.78, 5) is 18.8. The summed E-state index contributed by atoms with van der Waals surface area (Å²) < 4.78 is 5.01. The highest BCUT2D eigenvalue weighted by molar-refractivity contribution is 7.09. The van der Waals surface area contributed by atoms with E-state index in [0.717, 1.165) is 18.1 Å². The zero-order chi connectivity index (χ0) is 14.4. The molecule has 1 saturated heterocycles. The quantitative estimate of drug-likeness (QED) is 0.871. The molecule has 6 heteroatoms. The fraction of sp³-hybridized carbons (Fsp3) is 0.714. The molecule has 1 amide bonds. The number of nitrogens with zero attached hydrogens (tertiary/aromatic N) is 2. The van der Waals surface area contributed by atoms with Crippen LogP contribution in [0.15, 0.2) is 5.38 Å². The van der Waals surface area contributed by atoms with Crippen LogP contribution in [0, 0.1) is 0 Å². The van der Waals surface area contributed by atoms with E-state index in [0.29, 0.717) is 24.9 Å². The number of thiazole rings is 1. The number of ether oxygens (including phenoxy) is 1. The van der Waals surface area contributed by atoms with Crippen LogP contribution in [0.3, 0.4) is 0 Å². The summed E-state index contributed by atoms with van der Waals surface area (Å²) in [5, 5.41) is 5.64. The fourth-order valence-electron chi connectivity index (χ4n) is 2.61. The number of rotatable bonds is 6. The van der Waals surface area contributed by atoms with Crippen molar-refractivity contribution in [2.75, 3.05) is 26.7 Å². The Morgan fingerprint density at radius 2 is 2.45 bits per heavy atom. The van der Waals surface area contributed by atoms with Gasteiger partial charge in [-0.3, -0.25) is 9.69 Å². The lowest BCUT2D eigenvalue weighted by molar-refractivity contribution is 0.0913. The molecule has 1 aromatic rings. The SMILES string of the molecule is CCN1CCCCC1CNC(=O)c1csc(COC)n1. The monoisotopic (exact) mass is 297 g/mol. The van der Waals surface area contributed by atoms with Gasteiger partial charge in [0.05, 0.1) is 6.61 Å². The highest BCUT2D eigenvalue weighted by Gasteiger charge is 2.21. The van der Waals surface area contributed by atoms with Crippen LogP contribution in [-0.2, 0) is 11.3 Å². The molecule has 1 unspecified atom stereocenters. The molecule has 112 valence electrons. The Hall–Kier alpha value is -0.980. The Balaban J connectivity index is 1.84. The van der Waals surface area contributed by atoms with Crippen LogP contribution in [0.2, 0.25) is 0 Å². The van der Waals surface area contributed by atoms with Gasteiger partial charge in [0, 0.05) is 25.1 Å². The Kier molecular flexibility index (Phi) is 5.94. The van der Waals surface area contributed by atoms with Crippen LogP contribution in [-0.4, -0.2) is 48.6 Å². The Morgan fingerprint density at radius 3 is 3.20 bits per heavy atom. The van der Waals surface area contributed by atoms with Crippen molar-refractivity contribution < 1.29 is 9.53 Å². The molecule has 0 bridgehead atoms. The first kappa shape index (κ1) is 15.4. The van der Waals surface area contributed by atoms with Gasteiger partial charge in [0.1, 0.15) is 10.7 Å². The van der Waals surface area contributed by atoms with E-state index in [-0.39, 0.29) is 5.91 Å². The Labute approximate surface area is 124 Å². The predicted octanol–water partition coefficient (Wildman–Crippen LogP) is 1.89. The minimum Gasteiger partial charge on any atom is -0.378 e. The normalized spacial score (nSPS) is 20.0. The van der Waals surface area contributed by atoms with Crippen molar-refractivity contribution >= 4 is 17.2 Å². The van der Waals surface area contributed by atoms with Gasteiger partial charge in [-0.05, 0) is 25.9 Å². The molecule has 0 spiro atoms. The summed E-state index contributed by atoms with van der Waals surface area (Å²) in [5.74, 6) is -0.0785. The van der Waals surface area contributed by atoms with Gasteiger partial charge in [-0.15, -0.1) is 11.3 Å². The Bertz CT molecular complexity index is 436. The number of hydrogen-bond acceptors (Lipinski definition) is 5. The third kappa shape index (κ3) is 4.01. The van der Waals surface area contributed by atoms with Gasteiger partial charge >= 0.3 is 0 Å². The van der Waals surface area contributed by atoms with Crippen molar-refractivity contribution in [3.8, 4) is 0 Å². The van der Waals surface area contributed by atoms with Crippen LogP contribution >= 0.6 is 11.3 Å². The number of hydrogen-bond donors (Lipinski definition) is 1. The molecule has 1 aliphatic heterocycles. The van der Waals surface area contributed by atoms with Gasteiger partial charge in [0.15, 0.2) is 0 Å². The number of nitrogens with one attached hydrogen (secondary N) is 1. The minimum atomic E-state index is -0.0785. The van der Waals surface area contributed by atoms with Crippen LogP contribution in [0.1, 0.15) is 41.7 Å². The van der Waals surface area contributed by atoms with E-state index in [9.17, 15) is 4.79 Å². The number of piperidine rings is 1. The maximum Gasteiger partial charge on any atom is 0.270 e. The smallest absolute Gasteiger partial charge is 0.270 e. The van der Waals surface area contributed by atoms with Crippen molar-refractivity contribution in [1.29, 1.82) is 0 Å². The fourth-order valence-corrected chi connectivity index (χ4v) is 3.36. The zero-order valence-corrected chi connectivity index (χ0v) is 13.0. The molecule has 0 aromatic carbocycles. The number of likely N-dealkylation sites (tertiary alicyclic amines) is 1. The lowest BCUT2D eigenvalue weighted by Gasteiger charge is -2.34. The van der Waals surface area contributed by atoms with E-state index in [1.54, 1.807) is 12.5 Å². The molecule has 2 rings (SSSR count). The van der Waals surface area contributed by atoms with Gasteiger partial charge in [-0.2, -0.15) is 0 Å². The molecule has 20 heavy (non-hydrogen) atoms. The molecular weight excluding hydrogens is 274 g/mol. The maximum atomic E-state index is 12.1. The second kappa shape index (κ2) is 7.71. The summed E-state index contributed by atoms with van der Waals surface area (Å²) >= 11 is 1.46. The molecule has 5 nitrogen and oxygen atoms in total. The first-order valence-electron chi connectivity index (χ1n) is 7.20. The topological polar surface area (TPSA) is 54.5 Å². The molecule has 1 aliphatic rings. The number of likely N-dealkylation sites (N-methyl/N-ethyl adjacent to an activating group) is 1. The van der Waals surface area contributed by atoms with Crippen molar-refractivity contribution in [3.05, 3.63) is 16.1 Å². The third-order valence-electron chi connectivity index (χ3n) is 3.71. The van der Waals surface area contributed by atoms with Crippen molar-refractivity contribution in [1.82, 2.24) is 15.2 Å². The van der Waals surface area contributed by atoms with E-state index < -0.39 is 0 Å². The molecule has 1 atom stereocenters. The van der Waals surface area contributed by atoms with Crippen molar-refractivity contribution in [3.63, 3.8) is 0 Å². The van der Waals surface area contributed by atoms with Gasteiger partial charge in [0.25, 0.3) is 5.91 Å². The Morgan fingerprint density at radius 1 is 1.60 bits per heavy atom. The molecule has 0 radical (unpaired) electrons. The van der Waals surface area contributed by atoms with E-state index in [1.807, 2.05) is 0 Å². The van der Waals surface area contributed by atoms with Crippen LogP contribution in [0.25, 0.3) is 0 Å². The van der Waals surface area contributed by atoms with Crippen molar-refractivity contribution in [2.45, 2.75) is 38.8 Å². The van der Waals surface area contributed by atoms with Crippen LogP contribution in [0.5, 0.6) is 0 Å². The number of carbonyl (C=O) groups excluding carboxylic acids is 1. The second-order valence-electron chi connectivity index (χ2n) is 5.05. The number of carbonyl (C=O) groups is 1. The van der Waals surface area contributed by atoms with Crippen LogP contribution < -0.4 is 5.32 Å². The average molecular weight is 297 g/mol. The van der Waals surface area contributed by atoms with E-state index in [4.69, 9.17) is 4.74 Å². The lowest BCUT2D eigenvalue weighted by Crippen LogP contribution is -2.46. The molecule has 1 fully saturated rings. The van der Waals surface area contributed by atoms with E-state index >= 15 is 0 Å². The summed E-state index contributed by atoms with van der Waals surface area (Å²) in [6.07, 6.45) is 3.69. The minimum absolute atomic E-state index is 0.0785. The standard InChI is InChI=1S/C14H23N3O2S/c1-3-17-7-5-4-6-11(17)8-15-14(18)12-10-20-13(16-12)9-19-2/h10-11H,3-9H2,1-2H3,(H,15,18). The summed E-state index contributed by atoms with van der Waals surface area (Å²) in [5.41, 5.74) is 0.501. The number of methoxy groups -OCH3 is 1. The summed E-state index contributed by atoms with van der Waals surface area (Å²) in [6, 6.07) is 0.467. The third-order valence-corrected chi connectivity index (χ3v) is 4.53. The first-order chi connectivity index (χ1) is 9.74. The van der Waals surface area contributed by atoms with Crippen molar-refractivity contribution in [2.24, 2.45) is 0 Å². The number of aromatic nitrogens is 1. The van der Waals surface area contributed by atoms with Crippen LogP contribution in [0.4, 0.5) is 0 Å². The molecule has 0 saturated carbocycles. The van der Waals surface area contributed by atoms with E-state index in [1.165, 1.54) is 30.6 Å². The zero-order valence-electron chi connectivity index (χ0n) is 12.2. The maximum absolute atomic E-state index is 12.1. The molecular formula is C14H23N3O2S. The van der Waals surface area contributed by atoms with Gasteiger partial charge in [-0.1, -0.05) is 13.3 Å². The predicted molar refractivity (Wildman–Crippen MR) is 80.0 cm³/mol. The highest BCUT2D eigenvalue weighted by atomic mass is 32.1.